The molecule has 154 valence electrons. The van der Waals surface area contributed by atoms with E-state index >= 15 is 0 Å². The van der Waals surface area contributed by atoms with E-state index in [0.29, 0.717) is 22.6 Å². The zero-order chi connectivity index (χ0) is 21.4. The normalized spacial score (nSPS) is 12.2. The number of para-hydroxylation sites is 1. The topological polar surface area (TPSA) is 63.5 Å². The van der Waals surface area contributed by atoms with Gasteiger partial charge in [-0.3, -0.25) is 4.79 Å². The van der Waals surface area contributed by atoms with E-state index in [9.17, 15) is 18.0 Å². The molecule has 1 amide bonds. The monoisotopic (exact) mass is 414 g/mol. The predicted molar refractivity (Wildman–Crippen MR) is 108 cm³/mol. The van der Waals surface area contributed by atoms with Crippen LogP contribution in [0.25, 0.3) is 21.9 Å². The summed E-state index contributed by atoms with van der Waals surface area (Å²) in [6.45, 7) is 1.54. The average Bonchev–Trinajstić information content (AvgIpc) is 3.10. The molecule has 0 aliphatic carbocycles. The van der Waals surface area contributed by atoms with Gasteiger partial charge in [-0.25, -0.2) is 13.2 Å². The third kappa shape index (κ3) is 3.41. The maximum atomic E-state index is 13.8. The summed E-state index contributed by atoms with van der Waals surface area (Å²) in [6, 6.07) is 11.9. The van der Waals surface area contributed by atoms with Gasteiger partial charge in [0, 0.05) is 16.8 Å². The summed E-state index contributed by atoms with van der Waals surface area (Å²) in [5.74, 6) is -4.61. The number of hydrogen-bond donors (Lipinski definition) is 2. The quantitative estimate of drug-likeness (QED) is 0.426. The van der Waals surface area contributed by atoms with Gasteiger partial charge in [0.1, 0.15) is 23.0 Å². The Bertz CT molecular complexity index is 1270. The van der Waals surface area contributed by atoms with E-state index in [2.05, 4.69) is 10.6 Å². The predicted octanol–water partition coefficient (Wildman–Crippen LogP) is 5.45. The zero-order valence-electron chi connectivity index (χ0n) is 16.1. The summed E-state index contributed by atoms with van der Waals surface area (Å²) >= 11 is 0. The lowest BCUT2D eigenvalue weighted by Crippen LogP contribution is -2.32. The van der Waals surface area contributed by atoms with Crippen LogP contribution in [-0.2, 0) is 4.79 Å². The molecule has 0 aliphatic rings. The van der Waals surface area contributed by atoms with Crippen LogP contribution in [0.2, 0.25) is 0 Å². The Morgan fingerprint density at radius 1 is 0.967 bits per heavy atom. The van der Waals surface area contributed by atoms with Crippen LogP contribution in [-0.4, -0.2) is 19.1 Å². The van der Waals surface area contributed by atoms with Crippen molar-refractivity contribution in [1.29, 1.82) is 0 Å². The average molecular weight is 414 g/mol. The smallest absolute Gasteiger partial charge is 0.246 e. The van der Waals surface area contributed by atoms with E-state index in [-0.39, 0.29) is 0 Å². The Hall–Kier alpha value is -3.68. The Balaban J connectivity index is 1.60. The van der Waals surface area contributed by atoms with Crippen LogP contribution in [0.4, 0.5) is 24.5 Å². The fourth-order valence-electron chi connectivity index (χ4n) is 3.20. The first-order valence-electron chi connectivity index (χ1n) is 9.09. The van der Waals surface area contributed by atoms with Gasteiger partial charge in [-0.2, -0.15) is 0 Å². The molecule has 0 radical (unpaired) electrons. The molecule has 8 heteroatoms. The number of anilines is 2. The highest BCUT2D eigenvalue weighted by Crippen LogP contribution is 2.36. The van der Waals surface area contributed by atoms with Crippen molar-refractivity contribution in [2.45, 2.75) is 13.0 Å². The summed E-state index contributed by atoms with van der Waals surface area (Å²) in [5, 5.41) is 7.01. The summed E-state index contributed by atoms with van der Waals surface area (Å²) in [5.41, 5.74) is 1.34. The number of furan rings is 1. The van der Waals surface area contributed by atoms with Gasteiger partial charge in [-0.15, -0.1) is 0 Å². The second-order valence-corrected chi connectivity index (χ2v) is 6.73. The molecule has 1 heterocycles. The van der Waals surface area contributed by atoms with Gasteiger partial charge in [0.15, 0.2) is 17.5 Å². The summed E-state index contributed by atoms with van der Waals surface area (Å²) in [6.07, 6.45) is 0. The van der Waals surface area contributed by atoms with Crippen molar-refractivity contribution in [3.63, 3.8) is 0 Å². The number of nitrogens with one attached hydrogen (secondary N) is 2. The van der Waals surface area contributed by atoms with Crippen LogP contribution < -0.4 is 15.4 Å². The Morgan fingerprint density at radius 2 is 1.73 bits per heavy atom. The lowest BCUT2D eigenvalue weighted by atomic mass is 10.1. The third-order valence-corrected chi connectivity index (χ3v) is 4.76. The highest BCUT2D eigenvalue weighted by molar-refractivity contribution is 6.07. The molecule has 1 aromatic heterocycles. The molecule has 1 atom stereocenters. The first-order chi connectivity index (χ1) is 14.4. The summed E-state index contributed by atoms with van der Waals surface area (Å²) in [7, 11) is 1.50. The van der Waals surface area contributed by atoms with Crippen molar-refractivity contribution in [2.75, 3.05) is 17.7 Å². The van der Waals surface area contributed by atoms with Gasteiger partial charge in [0.25, 0.3) is 0 Å². The molecule has 0 unspecified atom stereocenters. The number of carbonyl (C=O) groups excluding carboxylic acids is 1. The van der Waals surface area contributed by atoms with Crippen molar-refractivity contribution < 1.29 is 27.1 Å². The molecule has 4 rings (SSSR count). The number of benzene rings is 3. The van der Waals surface area contributed by atoms with Crippen LogP contribution >= 0.6 is 0 Å². The van der Waals surface area contributed by atoms with E-state index in [4.69, 9.17) is 9.15 Å². The lowest BCUT2D eigenvalue weighted by molar-refractivity contribution is -0.116. The number of halogens is 3. The molecule has 0 spiro atoms. The molecule has 0 aliphatic heterocycles. The minimum atomic E-state index is -1.65. The second-order valence-electron chi connectivity index (χ2n) is 6.73. The van der Waals surface area contributed by atoms with Crippen molar-refractivity contribution in [1.82, 2.24) is 0 Å². The van der Waals surface area contributed by atoms with E-state index in [0.717, 1.165) is 22.9 Å². The minimum absolute atomic E-state index is 0.452. The van der Waals surface area contributed by atoms with Crippen molar-refractivity contribution >= 4 is 39.2 Å². The highest BCUT2D eigenvalue weighted by atomic mass is 19.2. The Labute approximate surface area is 169 Å². The molecule has 30 heavy (non-hydrogen) atoms. The number of carbonyl (C=O) groups is 1. The van der Waals surface area contributed by atoms with Gasteiger partial charge in [0.2, 0.25) is 5.91 Å². The lowest BCUT2D eigenvalue weighted by Gasteiger charge is -2.18. The third-order valence-electron chi connectivity index (χ3n) is 4.76. The molecule has 0 bridgehead atoms. The van der Waals surface area contributed by atoms with Crippen LogP contribution in [0.5, 0.6) is 5.75 Å². The van der Waals surface area contributed by atoms with Crippen LogP contribution in [0.15, 0.2) is 52.9 Å². The maximum absolute atomic E-state index is 13.8. The SMILES string of the molecule is COc1cc2c(cc1N[C@@H](C)C(=O)Nc1ccc(F)c(F)c1F)oc1ccccc12. The first kappa shape index (κ1) is 19.6. The summed E-state index contributed by atoms with van der Waals surface area (Å²) in [4.78, 5) is 12.4. The highest BCUT2D eigenvalue weighted by Gasteiger charge is 2.20. The number of ether oxygens (including phenoxy) is 1. The van der Waals surface area contributed by atoms with E-state index in [1.54, 1.807) is 12.1 Å². The molecule has 0 saturated carbocycles. The maximum Gasteiger partial charge on any atom is 0.246 e. The summed E-state index contributed by atoms with van der Waals surface area (Å²) < 4.78 is 51.6. The van der Waals surface area contributed by atoms with Gasteiger partial charge >= 0.3 is 0 Å². The Kier molecular flexibility index (Phi) is 4.99. The minimum Gasteiger partial charge on any atom is -0.495 e. The second kappa shape index (κ2) is 7.62. The molecule has 2 N–H and O–H groups in total. The van der Waals surface area contributed by atoms with Crippen molar-refractivity contribution in [3.05, 3.63) is 66.0 Å². The van der Waals surface area contributed by atoms with Gasteiger partial charge < -0.3 is 19.8 Å². The van der Waals surface area contributed by atoms with Crippen LogP contribution in [0.3, 0.4) is 0 Å². The number of rotatable bonds is 5. The van der Waals surface area contributed by atoms with Crippen molar-refractivity contribution in [3.8, 4) is 5.75 Å². The molecular weight excluding hydrogens is 397 g/mol. The Morgan fingerprint density at radius 3 is 2.50 bits per heavy atom. The van der Waals surface area contributed by atoms with E-state index in [1.807, 2.05) is 24.3 Å². The van der Waals surface area contributed by atoms with Gasteiger partial charge in [0.05, 0.1) is 18.5 Å². The number of methoxy groups -OCH3 is 1. The van der Waals surface area contributed by atoms with Gasteiger partial charge in [-0.05, 0) is 31.2 Å². The van der Waals surface area contributed by atoms with E-state index < -0.39 is 35.1 Å². The molecule has 5 nitrogen and oxygen atoms in total. The fraction of sp³-hybridized carbons (Fsp3) is 0.136. The molecule has 3 aromatic carbocycles. The fourth-order valence-corrected chi connectivity index (χ4v) is 3.20. The standard InChI is InChI=1S/C22H17F3N2O3/c1-11(22(28)27-15-8-7-14(23)20(24)21(15)25)26-16-10-18-13(9-19(16)29-2)12-5-3-4-6-17(12)30-18/h3-11,26H,1-2H3,(H,27,28)/t11-/m0/s1. The van der Waals surface area contributed by atoms with Crippen LogP contribution in [0, 0.1) is 17.5 Å². The first-order valence-corrected chi connectivity index (χ1v) is 9.09. The molecule has 0 fully saturated rings. The van der Waals surface area contributed by atoms with Crippen LogP contribution in [0.1, 0.15) is 6.92 Å². The molecule has 4 aromatic rings. The number of amides is 1. The molecular formula is C22H17F3N2O3. The van der Waals surface area contributed by atoms with Crippen molar-refractivity contribution in [2.24, 2.45) is 0 Å². The van der Waals surface area contributed by atoms with Gasteiger partial charge in [-0.1, -0.05) is 18.2 Å². The number of fused-ring (bicyclic) bond motifs is 3. The largest absolute Gasteiger partial charge is 0.495 e. The van der Waals surface area contributed by atoms with E-state index in [1.165, 1.54) is 14.0 Å². The zero-order valence-corrected chi connectivity index (χ0v) is 16.1. The number of hydrogen-bond acceptors (Lipinski definition) is 4. The molecule has 0 saturated heterocycles.